The van der Waals surface area contributed by atoms with Gasteiger partial charge in [0.1, 0.15) is 5.75 Å². The smallest absolute Gasteiger partial charge is 0.340 e. The molecule has 0 saturated carbocycles. The summed E-state index contributed by atoms with van der Waals surface area (Å²) in [5, 5.41) is 3.61. The van der Waals surface area contributed by atoms with Crippen molar-refractivity contribution < 1.29 is 14.3 Å². The minimum atomic E-state index is -0.316. The largest absolute Gasteiger partial charge is 0.497 e. The second-order valence-corrected chi connectivity index (χ2v) is 6.88. The Kier molecular flexibility index (Phi) is 5.70. The molecule has 0 spiro atoms. The van der Waals surface area contributed by atoms with Crippen molar-refractivity contribution in [2.75, 3.05) is 19.0 Å². The zero-order valence-corrected chi connectivity index (χ0v) is 17.0. The van der Waals surface area contributed by atoms with Gasteiger partial charge in [-0.2, -0.15) is 0 Å². The third-order valence-electron chi connectivity index (χ3n) is 5.03. The number of nitrogens with zero attached hydrogens (tertiary/aromatic N) is 1. The molecule has 30 heavy (non-hydrogen) atoms. The number of hydrogen-bond acceptors (Lipinski definition) is 4. The first kappa shape index (κ1) is 19.6. The van der Waals surface area contributed by atoms with Crippen molar-refractivity contribution in [3.63, 3.8) is 0 Å². The van der Waals surface area contributed by atoms with Crippen LogP contribution in [0.3, 0.4) is 0 Å². The zero-order valence-electron chi connectivity index (χ0n) is 17.0. The van der Waals surface area contributed by atoms with E-state index in [1.807, 2.05) is 84.3 Å². The van der Waals surface area contributed by atoms with Gasteiger partial charge in [-0.1, -0.05) is 36.4 Å². The molecule has 5 heteroatoms. The molecule has 0 amide bonds. The third-order valence-corrected chi connectivity index (χ3v) is 5.03. The van der Waals surface area contributed by atoms with Gasteiger partial charge in [-0.05, 0) is 55.0 Å². The summed E-state index contributed by atoms with van der Waals surface area (Å²) in [5.41, 5.74) is 4.38. The number of carbonyl (C=O) groups excluding carboxylic acids is 1. The molecule has 152 valence electrons. The summed E-state index contributed by atoms with van der Waals surface area (Å²) in [6, 6.07) is 25.6. The van der Waals surface area contributed by atoms with E-state index in [9.17, 15) is 4.79 Å². The van der Waals surface area contributed by atoms with Crippen LogP contribution < -0.4 is 10.1 Å². The number of rotatable bonds is 7. The third kappa shape index (κ3) is 3.87. The molecular formula is C25H24N2O3. The summed E-state index contributed by atoms with van der Waals surface area (Å²) < 4.78 is 12.6. The van der Waals surface area contributed by atoms with E-state index in [2.05, 4.69) is 17.4 Å². The number of nitrogens with one attached hydrogen (secondary N) is 1. The summed E-state index contributed by atoms with van der Waals surface area (Å²) >= 11 is 0. The highest BCUT2D eigenvalue weighted by molar-refractivity contribution is 5.97. The van der Waals surface area contributed by atoms with E-state index in [0.717, 1.165) is 28.2 Å². The van der Waals surface area contributed by atoms with E-state index in [1.165, 1.54) is 0 Å². The van der Waals surface area contributed by atoms with Crippen LogP contribution in [0.1, 0.15) is 34.6 Å². The molecule has 1 atom stereocenters. The van der Waals surface area contributed by atoms with Crippen molar-refractivity contribution in [2.45, 2.75) is 13.0 Å². The highest BCUT2D eigenvalue weighted by Gasteiger charge is 2.23. The first-order valence-electron chi connectivity index (χ1n) is 9.94. The van der Waals surface area contributed by atoms with Crippen molar-refractivity contribution in [1.82, 2.24) is 4.40 Å². The van der Waals surface area contributed by atoms with E-state index < -0.39 is 0 Å². The first-order valence-corrected chi connectivity index (χ1v) is 9.94. The fourth-order valence-electron chi connectivity index (χ4n) is 3.60. The van der Waals surface area contributed by atoms with Crippen LogP contribution in [-0.2, 0) is 4.74 Å². The Morgan fingerprint density at radius 3 is 2.43 bits per heavy atom. The monoisotopic (exact) mass is 400 g/mol. The Bertz CT molecular complexity index is 1130. The second kappa shape index (κ2) is 8.74. The van der Waals surface area contributed by atoms with Gasteiger partial charge in [0.25, 0.3) is 0 Å². The molecule has 2 heterocycles. The Balaban J connectivity index is 1.82. The molecule has 0 aliphatic heterocycles. The van der Waals surface area contributed by atoms with Crippen molar-refractivity contribution >= 4 is 17.2 Å². The molecule has 2 aromatic carbocycles. The van der Waals surface area contributed by atoms with Gasteiger partial charge >= 0.3 is 5.97 Å². The van der Waals surface area contributed by atoms with Gasteiger partial charge in [-0.15, -0.1) is 0 Å². The number of carbonyl (C=O) groups is 1. The van der Waals surface area contributed by atoms with Crippen molar-refractivity contribution in [1.29, 1.82) is 0 Å². The van der Waals surface area contributed by atoms with E-state index >= 15 is 0 Å². The van der Waals surface area contributed by atoms with Crippen LogP contribution >= 0.6 is 0 Å². The van der Waals surface area contributed by atoms with Gasteiger partial charge in [0.15, 0.2) is 0 Å². The SMILES string of the molecule is CCOC(=O)c1cc(C(Nc2ccc(OC)cc2)c2ccccc2)n2ccccc12. The Hall–Kier alpha value is -3.73. The summed E-state index contributed by atoms with van der Waals surface area (Å²) in [6.07, 6.45) is 1.97. The van der Waals surface area contributed by atoms with Gasteiger partial charge in [-0.25, -0.2) is 4.79 Å². The maximum atomic E-state index is 12.6. The van der Waals surface area contributed by atoms with Crippen LogP contribution in [0.5, 0.6) is 5.75 Å². The van der Waals surface area contributed by atoms with Gasteiger partial charge < -0.3 is 19.2 Å². The number of aromatic nitrogens is 1. The van der Waals surface area contributed by atoms with Crippen LogP contribution in [0.25, 0.3) is 5.52 Å². The fraction of sp³-hybridized carbons (Fsp3) is 0.160. The molecule has 0 bridgehead atoms. The summed E-state index contributed by atoms with van der Waals surface area (Å²) in [6.45, 7) is 2.15. The Morgan fingerprint density at radius 1 is 1.00 bits per heavy atom. The number of fused-ring (bicyclic) bond motifs is 1. The molecule has 1 N–H and O–H groups in total. The molecule has 2 aromatic heterocycles. The average Bonchev–Trinajstić information content (AvgIpc) is 3.18. The molecule has 0 fully saturated rings. The molecule has 0 aliphatic carbocycles. The highest BCUT2D eigenvalue weighted by Crippen LogP contribution is 2.31. The summed E-state index contributed by atoms with van der Waals surface area (Å²) in [7, 11) is 1.65. The van der Waals surface area contributed by atoms with Crippen LogP contribution in [0.4, 0.5) is 5.69 Å². The molecule has 0 saturated heterocycles. The maximum absolute atomic E-state index is 12.6. The Morgan fingerprint density at radius 2 is 1.73 bits per heavy atom. The molecular weight excluding hydrogens is 376 g/mol. The fourth-order valence-corrected chi connectivity index (χ4v) is 3.60. The average molecular weight is 400 g/mol. The predicted molar refractivity (Wildman–Crippen MR) is 118 cm³/mol. The molecule has 5 nitrogen and oxygen atoms in total. The number of ether oxygens (including phenoxy) is 2. The molecule has 0 radical (unpaired) electrons. The second-order valence-electron chi connectivity index (χ2n) is 6.88. The number of pyridine rings is 1. The van der Waals surface area contributed by atoms with Crippen LogP contribution in [0.15, 0.2) is 85.1 Å². The van der Waals surface area contributed by atoms with Crippen LogP contribution in [-0.4, -0.2) is 24.1 Å². The number of anilines is 1. The summed E-state index contributed by atoms with van der Waals surface area (Å²) in [5.74, 6) is 0.484. The zero-order chi connectivity index (χ0) is 20.9. The normalized spacial score (nSPS) is 11.8. The number of hydrogen-bond donors (Lipinski definition) is 1. The van der Waals surface area contributed by atoms with E-state index in [1.54, 1.807) is 7.11 Å². The minimum absolute atomic E-state index is 0.169. The summed E-state index contributed by atoms with van der Waals surface area (Å²) in [4.78, 5) is 12.6. The number of benzene rings is 2. The topological polar surface area (TPSA) is 52.0 Å². The van der Waals surface area contributed by atoms with Crippen molar-refractivity contribution in [3.8, 4) is 5.75 Å². The van der Waals surface area contributed by atoms with Gasteiger partial charge in [0.2, 0.25) is 0 Å². The van der Waals surface area contributed by atoms with Gasteiger partial charge in [0, 0.05) is 11.9 Å². The molecule has 4 aromatic rings. The molecule has 0 aliphatic rings. The Labute approximate surface area is 175 Å². The lowest BCUT2D eigenvalue weighted by atomic mass is 10.0. The lowest BCUT2D eigenvalue weighted by molar-refractivity contribution is 0.0528. The highest BCUT2D eigenvalue weighted by atomic mass is 16.5. The van der Waals surface area contributed by atoms with Crippen molar-refractivity contribution in [3.05, 3.63) is 102 Å². The molecule has 4 rings (SSSR count). The van der Waals surface area contributed by atoms with Gasteiger partial charge in [-0.3, -0.25) is 0 Å². The van der Waals surface area contributed by atoms with E-state index in [4.69, 9.17) is 9.47 Å². The van der Waals surface area contributed by atoms with E-state index in [0.29, 0.717) is 12.2 Å². The number of esters is 1. The number of methoxy groups -OCH3 is 1. The van der Waals surface area contributed by atoms with Crippen molar-refractivity contribution in [2.24, 2.45) is 0 Å². The minimum Gasteiger partial charge on any atom is -0.497 e. The lowest BCUT2D eigenvalue weighted by Gasteiger charge is -2.21. The molecule has 1 unspecified atom stereocenters. The van der Waals surface area contributed by atoms with Crippen LogP contribution in [0.2, 0.25) is 0 Å². The maximum Gasteiger partial charge on any atom is 0.340 e. The van der Waals surface area contributed by atoms with Crippen LogP contribution in [0, 0.1) is 0 Å². The predicted octanol–water partition coefficient (Wildman–Crippen LogP) is 5.33. The van der Waals surface area contributed by atoms with Gasteiger partial charge in [0.05, 0.1) is 36.5 Å². The lowest BCUT2D eigenvalue weighted by Crippen LogP contribution is -2.14. The quantitative estimate of drug-likeness (QED) is 0.426. The first-order chi connectivity index (χ1) is 14.7. The standard InChI is InChI=1S/C25H24N2O3/c1-3-30-25(28)21-17-23(27-16-8-7-11-22(21)27)24(18-9-5-4-6-10-18)26-19-12-14-20(29-2)15-13-19/h4-17,24,26H,3H2,1-2H3. The van der Waals surface area contributed by atoms with E-state index in [-0.39, 0.29) is 12.0 Å².